The summed E-state index contributed by atoms with van der Waals surface area (Å²) in [5.74, 6) is 0.194. The van der Waals surface area contributed by atoms with Crippen LogP contribution in [0.3, 0.4) is 0 Å². The lowest BCUT2D eigenvalue weighted by Gasteiger charge is -2.32. The van der Waals surface area contributed by atoms with E-state index in [2.05, 4.69) is 26.1 Å². The van der Waals surface area contributed by atoms with Crippen molar-refractivity contribution in [2.45, 2.75) is 49.9 Å². The molecule has 1 N–H and O–H groups in total. The van der Waals surface area contributed by atoms with E-state index < -0.39 is 17.5 Å². The number of nitrogens with one attached hydrogen (secondary N) is 1. The third kappa shape index (κ3) is 3.63. The minimum absolute atomic E-state index is 0.154. The van der Waals surface area contributed by atoms with E-state index in [1.807, 2.05) is 67.6 Å². The molecule has 2 saturated heterocycles. The molecule has 0 aliphatic carbocycles. The zero-order chi connectivity index (χ0) is 26.6. The first-order valence-corrected chi connectivity index (χ1v) is 13.5. The number of rotatable bonds is 6. The fourth-order valence-electron chi connectivity index (χ4n) is 6.69. The van der Waals surface area contributed by atoms with Gasteiger partial charge in [0.25, 0.3) is 11.9 Å². The molecule has 0 radical (unpaired) electrons. The van der Waals surface area contributed by atoms with Crippen LogP contribution in [0.2, 0.25) is 0 Å². The minimum Gasteiger partial charge on any atom is -0.493 e. The van der Waals surface area contributed by atoms with E-state index in [1.165, 1.54) is 5.56 Å². The Morgan fingerprint density at radius 3 is 2.68 bits per heavy atom. The highest BCUT2D eigenvalue weighted by Gasteiger charge is 2.73. The van der Waals surface area contributed by atoms with Crippen molar-refractivity contribution >= 4 is 27.5 Å². The zero-order valence-corrected chi connectivity index (χ0v) is 22.7. The van der Waals surface area contributed by atoms with Gasteiger partial charge in [-0.1, -0.05) is 48.0 Å². The van der Waals surface area contributed by atoms with Gasteiger partial charge in [0.2, 0.25) is 0 Å². The molecular weight excluding hydrogens is 550 g/mol. The van der Waals surface area contributed by atoms with Gasteiger partial charge in [0.15, 0.2) is 17.0 Å². The first kappa shape index (κ1) is 24.9. The Balaban J connectivity index is 1.42. The number of nitrogens with zero attached hydrogens (tertiary/aromatic N) is 2. The third-order valence-electron chi connectivity index (χ3n) is 8.23. The van der Waals surface area contributed by atoms with E-state index in [1.54, 1.807) is 7.11 Å². The molecule has 1 amide bonds. The molecule has 2 fully saturated rings. The van der Waals surface area contributed by atoms with Gasteiger partial charge in [0.05, 0.1) is 17.5 Å². The second kappa shape index (κ2) is 9.39. The normalized spacial score (nSPS) is 25.8. The van der Waals surface area contributed by atoms with Gasteiger partial charge in [0.1, 0.15) is 6.61 Å². The molecule has 0 saturated carbocycles. The molecule has 3 aliphatic rings. The molecule has 3 aromatic carbocycles. The summed E-state index contributed by atoms with van der Waals surface area (Å²) in [5.41, 5.74) is 2.92. The highest BCUT2D eigenvalue weighted by molar-refractivity contribution is 9.10. The van der Waals surface area contributed by atoms with Crippen LogP contribution in [0.25, 0.3) is 0 Å². The van der Waals surface area contributed by atoms with Gasteiger partial charge in [0, 0.05) is 28.8 Å². The molecular formula is C29H28BrN3O5. The Morgan fingerprint density at radius 1 is 1.18 bits per heavy atom. The number of aryl methyl sites for hydroxylation is 1. The van der Waals surface area contributed by atoms with Gasteiger partial charge in [-0.25, -0.2) is 0 Å². The molecule has 6 rings (SSSR count). The molecule has 3 aliphatic heterocycles. The summed E-state index contributed by atoms with van der Waals surface area (Å²) >= 11 is 3.65. The standard InChI is InChI=1S/C29H28BrN3O5/c1-17-9-11-18(12-10-17)16-38-26-21(30)14-19(15-24(26)37-2)25-23-8-5-13-32(23)29(27(25)33(35)36)20-6-3-4-7-22(20)31-28(29)34/h3-4,6-7,9-12,14-15,23,25,27H,5,8,13,16H2,1-2H3,(H,31,34)/t23-,25+,27-,29+/m0/s1. The largest absolute Gasteiger partial charge is 0.493 e. The molecule has 3 heterocycles. The minimum atomic E-state index is -1.35. The number of hydrogen-bond acceptors (Lipinski definition) is 6. The number of carbonyl (C=O) groups excluding carboxylic acids is 1. The van der Waals surface area contributed by atoms with E-state index in [0.29, 0.717) is 40.4 Å². The smallest absolute Gasteiger partial charge is 0.256 e. The van der Waals surface area contributed by atoms with Crippen LogP contribution >= 0.6 is 15.9 Å². The Hall–Kier alpha value is -3.43. The third-order valence-corrected chi connectivity index (χ3v) is 8.82. The summed E-state index contributed by atoms with van der Waals surface area (Å²) in [5, 5.41) is 15.8. The topological polar surface area (TPSA) is 93.9 Å². The van der Waals surface area contributed by atoms with Gasteiger partial charge in [-0.05, 0) is 65.0 Å². The lowest BCUT2D eigenvalue weighted by Crippen LogP contribution is -2.55. The maximum absolute atomic E-state index is 13.7. The number of benzene rings is 3. The average molecular weight is 578 g/mol. The summed E-state index contributed by atoms with van der Waals surface area (Å²) < 4.78 is 12.5. The molecule has 1 spiro atoms. The number of amides is 1. The maximum atomic E-state index is 13.7. The van der Waals surface area contributed by atoms with E-state index >= 15 is 0 Å². The molecule has 9 heteroatoms. The first-order valence-electron chi connectivity index (χ1n) is 12.7. The summed E-state index contributed by atoms with van der Waals surface area (Å²) in [6, 6.07) is 17.9. The molecule has 0 unspecified atom stereocenters. The highest BCUT2D eigenvalue weighted by atomic mass is 79.9. The summed E-state index contributed by atoms with van der Waals surface area (Å²) in [4.78, 5) is 28.3. The van der Waals surface area contributed by atoms with Gasteiger partial charge < -0.3 is 14.8 Å². The van der Waals surface area contributed by atoms with Crippen molar-refractivity contribution < 1.29 is 19.2 Å². The van der Waals surface area contributed by atoms with E-state index in [4.69, 9.17) is 9.47 Å². The van der Waals surface area contributed by atoms with E-state index in [-0.39, 0.29) is 16.9 Å². The van der Waals surface area contributed by atoms with Crippen molar-refractivity contribution in [2.75, 3.05) is 19.0 Å². The Labute approximate surface area is 229 Å². The predicted molar refractivity (Wildman–Crippen MR) is 146 cm³/mol. The lowest BCUT2D eigenvalue weighted by atomic mass is 9.77. The molecule has 8 nitrogen and oxygen atoms in total. The zero-order valence-electron chi connectivity index (χ0n) is 21.1. The molecule has 0 bridgehead atoms. The number of ether oxygens (including phenoxy) is 2. The Kier molecular flexibility index (Phi) is 6.15. The number of fused-ring (bicyclic) bond motifs is 4. The van der Waals surface area contributed by atoms with Crippen molar-refractivity contribution in [1.82, 2.24) is 4.90 Å². The van der Waals surface area contributed by atoms with Gasteiger partial charge in [-0.3, -0.25) is 19.8 Å². The number of nitro groups is 1. The lowest BCUT2D eigenvalue weighted by molar-refractivity contribution is -0.534. The quantitative estimate of drug-likeness (QED) is 0.311. The number of para-hydroxylation sites is 1. The predicted octanol–water partition coefficient (Wildman–Crippen LogP) is 5.40. The first-order chi connectivity index (χ1) is 18.4. The van der Waals surface area contributed by atoms with Crippen LogP contribution in [0.5, 0.6) is 11.5 Å². The van der Waals surface area contributed by atoms with Gasteiger partial charge in [-0.15, -0.1) is 0 Å². The van der Waals surface area contributed by atoms with Crippen molar-refractivity contribution in [3.63, 3.8) is 0 Å². The molecule has 4 atom stereocenters. The van der Waals surface area contributed by atoms with Gasteiger partial charge in [-0.2, -0.15) is 0 Å². The number of hydrogen-bond donors (Lipinski definition) is 1. The summed E-state index contributed by atoms with van der Waals surface area (Å²) in [6.07, 6.45) is 1.65. The van der Waals surface area contributed by atoms with Crippen LogP contribution in [0, 0.1) is 17.0 Å². The fourth-order valence-corrected chi connectivity index (χ4v) is 7.26. The number of halogens is 1. The van der Waals surface area contributed by atoms with Crippen LogP contribution in [0.1, 0.15) is 41.0 Å². The van der Waals surface area contributed by atoms with Crippen molar-refractivity contribution in [3.05, 3.63) is 97.5 Å². The van der Waals surface area contributed by atoms with Crippen molar-refractivity contribution in [3.8, 4) is 11.5 Å². The maximum Gasteiger partial charge on any atom is 0.256 e. The second-order valence-electron chi connectivity index (χ2n) is 10.2. The molecule has 196 valence electrons. The highest BCUT2D eigenvalue weighted by Crippen LogP contribution is 2.58. The number of carbonyl (C=O) groups is 1. The molecule has 0 aromatic heterocycles. The SMILES string of the molecule is COc1cc([C@H]2[C@H]([N+](=O)[O-])[C@]3(C(=O)Nc4ccccc43)N3CCC[C@@H]23)cc(Br)c1OCc1ccc(C)cc1. The van der Waals surface area contributed by atoms with Crippen molar-refractivity contribution in [1.29, 1.82) is 0 Å². The van der Waals surface area contributed by atoms with Crippen LogP contribution in [-0.4, -0.2) is 41.5 Å². The molecule has 3 aromatic rings. The van der Waals surface area contributed by atoms with Crippen molar-refractivity contribution in [2.24, 2.45) is 0 Å². The number of methoxy groups -OCH3 is 1. The summed E-state index contributed by atoms with van der Waals surface area (Å²) in [7, 11) is 1.56. The monoisotopic (exact) mass is 577 g/mol. The van der Waals surface area contributed by atoms with Gasteiger partial charge >= 0.3 is 0 Å². The van der Waals surface area contributed by atoms with Crippen LogP contribution in [0.4, 0.5) is 5.69 Å². The fraction of sp³-hybridized carbons (Fsp3) is 0.345. The second-order valence-corrected chi connectivity index (χ2v) is 11.1. The Morgan fingerprint density at radius 2 is 1.95 bits per heavy atom. The average Bonchev–Trinajstić information content (AvgIpc) is 3.57. The van der Waals surface area contributed by atoms with Crippen LogP contribution in [-0.2, 0) is 16.9 Å². The van der Waals surface area contributed by atoms with Crippen LogP contribution < -0.4 is 14.8 Å². The van der Waals surface area contributed by atoms with E-state index in [0.717, 1.165) is 24.0 Å². The number of anilines is 1. The van der Waals surface area contributed by atoms with Crippen LogP contribution in [0.15, 0.2) is 65.1 Å². The summed E-state index contributed by atoms with van der Waals surface area (Å²) in [6.45, 7) is 3.02. The van der Waals surface area contributed by atoms with E-state index in [9.17, 15) is 14.9 Å². The Bertz CT molecular complexity index is 1430. The molecule has 38 heavy (non-hydrogen) atoms.